The van der Waals surface area contributed by atoms with Crippen LogP contribution in [-0.2, 0) is 0 Å². The van der Waals surface area contributed by atoms with Crippen molar-refractivity contribution < 1.29 is 5.11 Å². The van der Waals surface area contributed by atoms with Crippen LogP contribution in [0.3, 0.4) is 0 Å². The lowest BCUT2D eigenvalue weighted by Gasteiger charge is -2.30. The first-order valence-electron chi connectivity index (χ1n) is 6.62. The highest BCUT2D eigenvalue weighted by Crippen LogP contribution is 2.66. The molecule has 1 aliphatic heterocycles. The molecule has 18 heavy (non-hydrogen) atoms. The predicted octanol–water partition coefficient (Wildman–Crippen LogP) is 3.22. The molecular weight excluding hydrogens is 240 g/mol. The van der Waals surface area contributed by atoms with Crippen LogP contribution >= 0.6 is 11.8 Å². The summed E-state index contributed by atoms with van der Waals surface area (Å²) < 4.78 is 0.0209. The molecule has 1 N–H and O–H groups in total. The van der Waals surface area contributed by atoms with Crippen molar-refractivity contribution in [3.63, 3.8) is 0 Å². The molecule has 3 unspecified atom stereocenters. The highest BCUT2D eigenvalue weighted by molar-refractivity contribution is 8.08. The number of aliphatic hydroxyl groups is 1. The number of thioether (sulfide) groups is 1. The summed E-state index contributed by atoms with van der Waals surface area (Å²) in [6.07, 6.45) is 4.89. The quantitative estimate of drug-likeness (QED) is 0.616. The summed E-state index contributed by atoms with van der Waals surface area (Å²) in [5.41, 5.74) is 0.116. The first-order valence-corrected chi connectivity index (χ1v) is 7.50. The van der Waals surface area contributed by atoms with Crippen LogP contribution in [0.4, 0.5) is 0 Å². The van der Waals surface area contributed by atoms with Gasteiger partial charge in [0.1, 0.15) is 5.60 Å². The maximum atomic E-state index is 10.7. The summed E-state index contributed by atoms with van der Waals surface area (Å²) in [7, 11) is 0. The van der Waals surface area contributed by atoms with Crippen LogP contribution in [0, 0.1) is 11.8 Å². The van der Waals surface area contributed by atoms with Crippen LogP contribution in [0.5, 0.6) is 0 Å². The van der Waals surface area contributed by atoms with Gasteiger partial charge in [-0.05, 0) is 31.9 Å². The molecule has 1 saturated carbocycles. The van der Waals surface area contributed by atoms with Crippen molar-refractivity contribution in [2.24, 2.45) is 0 Å². The average Bonchev–Trinajstić information content (AvgIpc) is 3.14. The fourth-order valence-electron chi connectivity index (χ4n) is 2.94. The Balaban J connectivity index is 1.82. The zero-order valence-electron chi connectivity index (χ0n) is 10.6. The summed E-state index contributed by atoms with van der Waals surface area (Å²) in [6, 6.07) is 9.91. The lowest BCUT2D eigenvalue weighted by Crippen LogP contribution is -2.43. The van der Waals surface area contributed by atoms with Crippen molar-refractivity contribution in [2.75, 3.05) is 0 Å². The van der Waals surface area contributed by atoms with E-state index in [2.05, 4.69) is 11.8 Å². The summed E-state index contributed by atoms with van der Waals surface area (Å²) in [4.78, 5) is 0. The van der Waals surface area contributed by atoms with Gasteiger partial charge in [-0.3, -0.25) is 0 Å². The molecule has 1 nitrogen and oxygen atoms in total. The standard InChI is InChI=1S/C16H18OS/c1-15(17,12-10-13-7-3-2-4-8-13)16-11-6-5-9-14(16)18-16/h2-4,7-8,14,17H,5-6,9,11H2,1H3. The largest absolute Gasteiger partial charge is 0.376 e. The van der Waals surface area contributed by atoms with Crippen molar-refractivity contribution in [2.45, 2.75) is 48.2 Å². The Morgan fingerprint density at radius 2 is 2.11 bits per heavy atom. The lowest BCUT2D eigenvalue weighted by atomic mass is 9.78. The third-order valence-electron chi connectivity index (χ3n) is 4.13. The smallest absolute Gasteiger partial charge is 0.138 e. The number of fused-ring (bicyclic) bond motifs is 1. The fourth-order valence-corrected chi connectivity index (χ4v) is 4.67. The zero-order chi connectivity index (χ0) is 12.6. The van der Waals surface area contributed by atoms with Gasteiger partial charge >= 0.3 is 0 Å². The minimum absolute atomic E-state index is 0.0209. The van der Waals surface area contributed by atoms with Crippen molar-refractivity contribution in [1.29, 1.82) is 0 Å². The molecular formula is C16H18OS. The SMILES string of the molecule is CC(O)(C#Cc1ccccc1)C12CCCCC1S2. The van der Waals surface area contributed by atoms with Gasteiger partial charge in [-0.25, -0.2) is 0 Å². The zero-order valence-corrected chi connectivity index (χ0v) is 11.5. The molecule has 94 valence electrons. The van der Waals surface area contributed by atoms with Gasteiger partial charge in [0.25, 0.3) is 0 Å². The number of benzene rings is 1. The van der Waals surface area contributed by atoms with E-state index in [1.54, 1.807) is 0 Å². The molecule has 3 atom stereocenters. The third kappa shape index (κ3) is 1.96. The first kappa shape index (κ1) is 12.1. The summed E-state index contributed by atoms with van der Waals surface area (Å²) in [5, 5.41) is 11.3. The second kappa shape index (κ2) is 4.33. The number of rotatable bonds is 1. The van der Waals surface area contributed by atoms with Gasteiger partial charge in [0.2, 0.25) is 0 Å². The van der Waals surface area contributed by atoms with Crippen molar-refractivity contribution >= 4 is 11.8 Å². The van der Waals surface area contributed by atoms with Crippen LogP contribution in [0.25, 0.3) is 0 Å². The molecule has 1 saturated heterocycles. The number of hydrogen-bond acceptors (Lipinski definition) is 2. The Hall–Kier alpha value is -0.910. The van der Waals surface area contributed by atoms with Gasteiger partial charge in [0.05, 0.1) is 4.75 Å². The van der Waals surface area contributed by atoms with Crippen LogP contribution < -0.4 is 0 Å². The molecule has 3 rings (SSSR count). The first-order chi connectivity index (χ1) is 8.64. The van der Waals surface area contributed by atoms with Crippen molar-refractivity contribution in [3.05, 3.63) is 35.9 Å². The lowest BCUT2D eigenvalue weighted by molar-refractivity contribution is 0.0773. The highest BCUT2D eigenvalue weighted by atomic mass is 32.2. The molecule has 1 heterocycles. The van der Waals surface area contributed by atoms with E-state index in [1.807, 2.05) is 49.0 Å². The Kier molecular flexibility index (Phi) is 2.92. The monoisotopic (exact) mass is 258 g/mol. The van der Waals surface area contributed by atoms with E-state index in [-0.39, 0.29) is 4.75 Å². The fraction of sp³-hybridized carbons (Fsp3) is 0.500. The molecule has 1 aromatic carbocycles. The van der Waals surface area contributed by atoms with E-state index in [1.165, 1.54) is 19.3 Å². The molecule has 2 heteroatoms. The van der Waals surface area contributed by atoms with Crippen LogP contribution in [0.15, 0.2) is 30.3 Å². The van der Waals surface area contributed by atoms with E-state index in [9.17, 15) is 5.11 Å². The van der Waals surface area contributed by atoms with Gasteiger partial charge < -0.3 is 5.11 Å². The summed E-state index contributed by atoms with van der Waals surface area (Å²) in [5.74, 6) is 6.23. The van der Waals surface area contributed by atoms with Gasteiger partial charge in [-0.1, -0.05) is 42.9 Å². The molecule has 2 fully saturated rings. The third-order valence-corrected chi connectivity index (χ3v) is 6.10. The molecule has 1 aliphatic carbocycles. The summed E-state index contributed by atoms with van der Waals surface area (Å²) in [6.45, 7) is 1.89. The van der Waals surface area contributed by atoms with Crippen molar-refractivity contribution in [3.8, 4) is 11.8 Å². The Bertz CT molecular complexity index is 497. The van der Waals surface area contributed by atoms with E-state index in [0.717, 1.165) is 12.0 Å². The molecule has 0 spiro atoms. The minimum atomic E-state index is -0.863. The Morgan fingerprint density at radius 1 is 1.33 bits per heavy atom. The van der Waals surface area contributed by atoms with E-state index in [4.69, 9.17) is 0 Å². The molecule has 0 radical (unpaired) electrons. The van der Waals surface area contributed by atoms with Gasteiger partial charge in [-0.15, -0.1) is 11.8 Å². The predicted molar refractivity (Wildman–Crippen MR) is 76.5 cm³/mol. The topological polar surface area (TPSA) is 20.2 Å². The maximum Gasteiger partial charge on any atom is 0.138 e. The Labute approximate surface area is 113 Å². The molecule has 0 aromatic heterocycles. The van der Waals surface area contributed by atoms with Gasteiger partial charge in [0, 0.05) is 10.8 Å². The molecule has 0 bridgehead atoms. The van der Waals surface area contributed by atoms with Gasteiger partial charge in [0.15, 0.2) is 0 Å². The molecule has 0 amide bonds. The minimum Gasteiger partial charge on any atom is -0.376 e. The Morgan fingerprint density at radius 3 is 2.83 bits per heavy atom. The summed E-state index contributed by atoms with van der Waals surface area (Å²) >= 11 is 1.94. The van der Waals surface area contributed by atoms with Crippen LogP contribution in [-0.4, -0.2) is 20.7 Å². The van der Waals surface area contributed by atoms with E-state index < -0.39 is 5.60 Å². The van der Waals surface area contributed by atoms with Gasteiger partial charge in [-0.2, -0.15) is 0 Å². The molecule has 2 aliphatic rings. The number of hydrogen-bond donors (Lipinski definition) is 1. The van der Waals surface area contributed by atoms with Crippen LogP contribution in [0.1, 0.15) is 38.2 Å². The average molecular weight is 258 g/mol. The second-order valence-corrected chi connectivity index (χ2v) is 6.96. The van der Waals surface area contributed by atoms with E-state index in [0.29, 0.717) is 5.25 Å². The van der Waals surface area contributed by atoms with Crippen LogP contribution in [0.2, 0.25) is 0 Å². The molecule has 1 aromatic rings. The maximum absolute atomic E-state index is 10.7. The normalized spacial score (nSPS) is 32.7. The van der Waals surface area contributed by atoms with E-state index >= 15 is 0 Å². The van der Waals surface area contributed by atoms with Crippen molar-refractivity contribution in [1.82, 2.24) is 0 Å². The highest BCUT2D eigenvalue weighted by Gasteiger charge is 2.65. The second-order valence-electron chi connectivity index (χ2n) is 5.43.